The molecule has 192 valence electrons. The molecule has 3 aromatic carbocycles. The van der Waals surface area contributed by atoms with Crippen molar-refractivity contribution in [3.8, 4) is 0 Å². The molecule has 8 heteroatoms. The van der Waals surface area contributed by atoms with Crippen molar-refractivity contribution >= 4 is 22.8 Å². The summed E-state index contributed by atoms with van der Waals surface area (Å²) in [6.45, 7) is 6.74. The number of nitrogens with one attached hydrogen (secondary N) is 1. The Kier molecular flexibility index (Phi) is 8.28. The van der Waals surface area contributed by atoms with E-state index in [-0.39, 0.29) is 24.9 Å². The topological polar surface area (TPSA) is 80.1 Å². The fraction of sp³-hybridized carbons (Fsp3) is 0.310. The highest BCUT2D eigenvalue weighted by molar-refractivity contribution is 5.89. The van der Waals surface area contributed by atoms with Crippen molar-refractivity contribution in [1.29, 1.82) is 0 Å². The van der Waals surface area contributed by atoms with Gasteiger partial charge in [0.25, 0.3) is 0 Å². The van der Waals surface area contributed by atoms with Gasteiger partial charge in [0.1, 0.15) is 23.9 Å². The Balaban J connectivity index is 1.71. The molecule has 2 amide bonds. The molecule has 0 unspecified atom stereocenters. The van der Waals surface area contributed by atoms with Gasteiger partial charge in [-0.3, -0.25) is 9.59 Å². The van der Waals surface area contributed by atoms with Crippen LogP contribution in [-0.4, -0.2) is 38.3 Å². The minimum Gasteiger partial charge on any atom is -0.354 e. The monoisotopic (exact) mass is 501 g/mol. The van der Waals surface area contributed by atoms with Gasteiger partial charge in [-0.05, 0) is 54.7 Å². The molecule has 0 saturated carbocycles. The quantitative estimate of drug-likeness (QED) is 0.338. The largest absolute Gasteiger partial charge is 0.354 e. The number of fused-ring (bicyclic) bond motifs is 1. The summed E-state index contributed by atoms with van der Waals surface area (Å²) in [7, 11) is 0. The summed E-state index contributed by atoms with van der Waals surface area (Å²) in [5.41, 5.74) is 3.92. The Bertz CT molecular complexity index is 1350. The second kappa shape index (κ2) is 11.8. The third-order valence-electron chi connectivity index (χ3n) is 6.27. The third-order valence-corrected chi connectivity index (χ3v) is 6.27. The van der Waals surface area contributed by atoms with Gasteiger partial charge in [-0.1, -0.05) is 73.2 Å². The van der Waals surface area contributed by atoms with Crippen LogP contribution >= 0.6 is 0 Å². The van der Waals surface area contributed by atoms with Crippen LogP contribution in [0.1, 0.15) is 43.0 Å². The molecule has 0 spiro atoms. The standard InChI is InChI=1S/C29H32FN5O2/c1-20(2)16-17-31-29(37)28(23-12-14-24(30)15-13-23)34(18-22-10-8-21(3)9-11-22)27(36)19-35-26-7-5-4-6-25(26)32-33-35/h4-15,20,28H,16-19H2,1-3H3,(H,31,37)/t28-/m1/s1. The van der Waals surface area contributed by atoms with E-state index in [2.05, 4.69) is 29.5 Å². The lowest BCUT2D eigenvalue weighted by molar-refractivity contribution is -0.142. The smallest absolute Gasteiger partial charge is 0.247 e. The summed E-state index contributed by atoms with van der Waals surface area (Å²) < 4.78 is 15.3. The van der Waals surface area contributed by atoms with Crippen LogP contribution in [0, 0.1) is 18.7 Å². The maximum atomic E-state index is 13.9. The lowest BCUT2D eigenvalue weighted by Crippen LogP contribution is -2.45. The number of para-hydroxylation sites is 1. The van der Waals surface area contributed by atoms with E-state index < -0.39 is 11.9 Å². The number of aryl methyl sites for hydroxylation is 1. The van der Waals surface area contributed by atoms with E-state index in [0.717, 1.165) is 23.1 Å². The molecule has 1 N–H and O–H groups in total. The average molecular weight is 502 g/mol. The number of carbonyl (C=O) groups is 2. The van der Waals surface area contributed by atoms with Crippen LogP contribution in [0.3, 0.4) is 0 Å². The van der Waals surface area contributed by atoms with Gasteiger partial charge in [-0.15, -0.1) is 5.10 Å². The number of halogens is 1. The van der Waals surface area contributed by atoms with Gasteiger partial charge < -0.3 is 10.2 Å². The molecule has 7 nitrogen and oxygen atoms in total. The number of amides is 2. The molecule has 4 rings (SSSR count). The Labute approximate surface area is 216 Å². The molecule has 0 aliphatic heterocycles. The zero-order valence-electron chi connectivity index (χ0n) is 21.4. The summed E-state index contributed by atoms with van der Waals surface area (Å²) in [6.07, 6.45) is 0.804. The van der Waals surface area contributed by atoms with Crippen molar-refractivity contribution in [2.75, 3.05) is 6.54 Å². The lowest BCUT2D eigenvalue weighted by Gasteiger charge is -2.32. The molecule has 0 saturated heterocycles. The van der Waals surface area contributed by atoms with Gasteiger partial charge >= 0.3 is 0 Å². The first-order valence-corrected chi connectivity index (χ1v) is 12.5. The Hall–Kier alpha value is -4.07. The number of nitrogens with zero attached hydrogens (tertiary/aromatic N) is 4. The van der Waals surface area contributed by atoms with Crippen molar-refractivity contribution in [3.05, 3.63) is 95.3 Å². The summed E-state index contributed by atoms with van der Waals surface area (Å²) in [5, 5.41) is 11.3. The van der Waals surface area contributed by atoms with E-state index in [1.54, 1.807) is 17.0 Å². The van der Waals surface area contributed by atoms with Gasteiger partial charge in [0.2, 0.25) is 11.8 Å². The molecule has 0 radical (unpaired) electrons. The molecule has 37 heavy (non-hydrogen) atoms. The van der Waals surface area contributed by atoms with Gasteiger partial charge in [0, 0.05) is 13.1 Å². The molecule has 0 aliphatic carbocycles. The first-order valence-electron chi connectivity index (χ1n) is 12.5. The molecule has 0 aliphatic rings. The predicted octanol–water partition coefficient (Wildman–Crippen LogP) is 4.81. The van der Waals surface area contributed by atoms with E-state index in [1.807, 2.05) is 55.5 Å². The fourth-order valence-corrected chi connectivity index (χ4v) is 4.17. The van der Waals surface area contributed by atoms with E-state index in [1.165, 1.54) is 16.8 Å². The number of hydrogen-bond acceptors (Lipinski definition) is 4. The van der Waals surface area contributed by atoms with Crippen molar-refractivity contribution in [1.82, 2.24) is 25.2 Å². The second-order valence-electron chi connectivity index (χ2n) is 9.67. The van der Waals surface area contributed by atoms with Crippen molar-refractivity contribution < 1.29 is 14.0 Å². The van der Waals surface area contributed by atoms with Crippen LogP contribution in [0.15, 0.2) is 72.8 Å². The van der Waals surface area contributed by atoms with Crippen molar-refractivity contribution in [2.45, 2.75) is 46.3 Å². The molecule has 1 atom stereocenters. The summed E-state index contributed by atoms with van der Waals surface area (Å²) in [4.78, 5) is 29.0. The van der Waals surface area contributed by atoms with Crippen molar-refractivity contribution in [2.24, 2.45) is 5.92 Å². The van der Waals surface area contributed by atoms with E-state index in [0.29, 0.717) is 23.5 Å². The molecular weight excluding hydrogens is 469 g/mol. The Morgan fingerprint density at radius 3 is 2.41 bits per heavy atom. The summed E-state index contributed by atoms with van der Waals surface area (Å²) >= 11 is 0. The fourth-order valence-electron chi connectivity index (χ4n) is 4.17. The second-order valence-corrected chi connectivity index (χ2v) is 9.67. The van der Waals surface area contributed by atoms with Crippen molar-refractivity contribution in [3.63, 3.8) is 0 Å². The van der Waals surface area contributed by atoms with Crippen LogP contribution < -0.4 is 5.32 Å². The van der Waals surface area contributed by atoms with E-state index >= 15 is 0 Å². The third kappa shape index (κ3) is 6.58. The normalized spacial score (nSPS) is 12.0. The number of aromatic nitrogens is 3. The van der Waals surface area contributed by atoms with E-state index in [4.69, 9.17) is 0 Å². The molecule has 1 aromatic heterocycles. The molecular formula is C29H32FN5O2. The molecule has 0 bridgehead atoms. The van der Waals surface area contributed by atoms with Crippen LogP contribution in [0.25, 0.3) is 11.0 Å². The van der Waals surface area contributed by atoms with E-state index in [9.17, 15) is 14.0 Å². The Morgan fingerprint density at radius 1 is 1.00 bits per heavy atom. The molecule has 4 aromatic rings. The first kappa shape index (κ1) is 26.0. The highest BCUT2D eigenvalue weighted by atomic mass is 19.1. The Morgan fingerprint density at radius 2 is 1.70 bits per heavy atom. The highest BCUT2D eigenvalue weighted by Crippen LogP contribution is 2.25. The van der Waals surface area contributed by atoms with Crippen LogP contribution in [-0.2, 0) is 22.7 Å². The van der Waals surface area contributed by atoms with Gasteiger partial charge in [-0.25, -0.2) is 9.07 Å². The zero-order chi connectivity index (χ0) is 26.4. The lowest BCUT2D eigenvalue weighted by atomic mass is 10.0. The number of carbonyl (C=O) groups excluding carboxylic acids is 2. The van der Waals surface area contributed by atoms with Gasteiger partial charge in [0.05, 0.1) is 5.52 Å². The van der Waals surface area contributed by atoms with Crippen LogP contribution in [0.2, 0.25) is 0 Å². The van der Waals surface area contributed by atoms with Gasteiger partial charge in [-0.2, -0.15) is 0 Å². The van der Waals surface area contributed by atoms with Crippen LogP contribution in [0.4, 0.5) is 4.39 Å². The maximum Gasteiger partial charge on any atom is 0.247 e. The summed E-state index contributed by atoms with van der Waals surface area (Å²) in [5.74, 6) is -0.607. The van der Waals surface area contributed by atoms with Gasteiger partial charge in [0.15, 0.2) is 0 Å². The van der Waals surface area contributed by atoms with Crippen LogP contribution in [0.5, 0.6) is 0 Å². The maximum absolute atomic E-state index is 13.9. The summed E-state index contributed by atoms with van der Waals surface area (Å²) in [6, 6.07) is 20.0. The number of benzene rings is 3. The number of rotatable bonds is 10. The molecule has 1 heterocycles. The number of hydrogen-bond donors (Lipinski definition) is 1. The highest BCUT2D eigenvalue weighted by Gasteiger charge is 2.32. The average Bonchev–Trinajstić information content (AvgIpc) is 3.28. The minimum absolute atomic E-state index is 0.0939. The SMILES string of the molecule is Cc1ccc(CN(C(=O)Cn2nnc3ccccc32)[C@@H](C(=O)NCCC(C)C)c2ccc(F)cc2)cc1. The minimum atomic E-state index is -0.948. The molecule has 0 fully saturated rings. The predicted molar refractivity (Wildman–Crippen MR) is 141 cm³/mol. The first-order chi connectivity index (χ1) is 17.8. The zero-order valence-corrected chi connectivity index (χ0v) is 21.4.